The summed E-state index contributed by atoms with van der Waals surface area (Å²) < 4.78 is 14.0. The molecule has 50 heavy (non-hydrogen) atoms. The number of ether oxygens (including phenoxy) is 2. The molecule has 0 aliphatic carbocycles. The van der Waals surface area contributed by atoms with Gasteiger partial charge in [-0.15, -0.1) is 0 Å². The van der Waals surface area contributed by atoms with Gasteiger partial charge in [0, 0.05) is 55.5 Å². The summed E-state index contributed by atoms with van der Waals surface area (Å²) in [6.07, 6.45) is 6.75. The Morgan fingerprint density at radius 3 is 2.54 bits per heavy atom. The van der Waals surface area contributed by atoms with Gasteiger partial charge in [-0.25, -0.2) is 0 Å². The lowest BCUT2D eigenvalue weighted by atomic mass is 10.00. The molecule has 1 aliphatic heterocycles. The fraction of sp³-hybridized carbons (Fsp3) is 0.275. The highest BCUT2D eigenvalue weighted by molar-refractivity contribution is 6.07. The monoisotopic (exact) mass is 673 g/mol. The predicted octanol–water partition coefficient (Wildman–Crippen LogP) is 6.43. The zero-order valence-corrected chi connectivity index (χ0v) is 28.5. The quantitative estimate of drug-likeness (QED) is 0.0793. The first-order valence-corrected chi connectivity index (χ1v) is 17.0. The third-order valence-electron chi connectivity index (χ3n) is 8.86. The standard InChI is InChI=1S/C40H43N5O5/c1-3-4-23-49-24-25-50-36-15-10-29(11-16-36)31-12-17-37-33(26-31)27-32(19-22-44(37)28-35-18-20-41-43(35)2)40(47)42-34-13-8-30(9-14-34)39(46)38-7-5-6-21-45(38)48/h5-18,20-21,26-27,39,46H,3-4,19,22-25,28H2,1-2H3,(H,42,47)/t39-/m0/s1. The summed E-state index contributed by atoms with van der Waals surface area (Å²) in [6, 6.07) is 28.2. The van der Waals surface area contributed by atoms with Gasteiger partial charge in [-0.2, -0.15) is 9.83 Å². The van der Waals surface area contributed by atoms with Crippen LogP contribution in [0.3, 0.4) is 0 Å². The maximum absolute atomic E-state index is 13.7. The normalized spacial score (nSPS) is 13.3. The van der Waals surface area contributed by atoms with Crippen molar-refractivity contribution in [1.29, 1.82) is 0 Å². The van der Waals surface area contributed by atoms with Gasteiger partial charge in [0.05, 0.1) is 18.8 Å². The second kappa shape index (κ2) is 16.3. The van der Waals surface area contributed by atoms with Crippen molar-refractivity contribution in [3.8, 4) is 16.9 Å². The van der Waals surface area contributed by atoms with Crippen LogP contribution in [0.5, 0.6) is 5.75 Å². The Bertz CT molecular complexity index is 1920. The number of rotatable bonds is 14. The van der Waals surface area contributed by atoms with Crippen molar-refractivity contribution < 1.29 is 24.1 Å². The van der Waals surface area contributed by atoms with E-state index in [1.807, 2.05) is 48.1 Å². The van der Waals surface area contributed by atoms with Crippen LogP contribution in [0.15, 0.2) is 109 Å². The number of hydrogen-bond donors (Lipinski definition) is 2. The number of benzene rings is 3. The molecule has 1 amide bonds. The molecule has 258 valence electrons. The zero-order chi connectivity index (χ0) is 34.9. The molecule has 3 heterocycles. The topological polar surface area (TPSA) is 116 Å². The molecule has 5 aromatic rings. The number of hydrogen-bond acceptors (Lipinski definition) is 7. The van der Waals surface area contributed by atoms with Crippen LogP contribution in [0.4, 0.5) is 11.4 Å². The summed E-state index contributed by atoms with van der Waals surface area (Å²) in [4.78, 5) is 16.0. The lowest BCUT2D eigenvalue weighted by Crippen LogP contribution is -2.32. The van der Waals surface area contributed by atoms with Gasteiger partial charge in [-0.05, 0) is 89.7 Å². The molecule has 1 atom stereocenters. The second-order valence-electron chi connectivity index (χ2n) is 12.3. The van der Waals surface area contributed by atoms with E-state index in [9.17, 15) is 15.1 Å². The van der Waals surface area contributed by atoms with Crippen molar-refractivity contribution in [2.75, 3.05) is 36.6 Å². The molecule has 0 saturated carbocycles. The summed E-state index contributed by atoms with van der Waals surface area (Å²) in [5, 5.41) is 30.3. The molecule has 10 nitrogen and oxygen atoms in total. The van der Waals surface area contributed by atoms with Gasteiger partial charge in [0.15, 0.2) is 12.3 Å². The number of carbonyl (C=O) groups excluding carboxylic acids is 1. The molecule has 0 spiro atoms. The number of anilines is 2. The molecule has 2 N–H and O–H groups in total. The molecular weight excluding hydrogens is 630 g/mol. The van der Waals surface area contributed by atoms with E-state index >= 15 is 0 Å². The van der Waals surface area contributed by atoms with Crippen molar-refractivity contribution in [1.82, 2.24) is 9.78 Å². The average Bonchev–Trinajstić information content (AvgIpc) is 3.45. The van der Waals surface area contributed by atoms with Gasteiger partial charge in [-0.3, -0.25) is 9.48 Å². The van der Waals surface area contributed by atoms with Crippen molar-refractivity contribution in [2.24, 2.45) is 7.05 Å². The number of carbonyl (C=O) groups is 1. The summed E-state index contributed by atoms with van der Waals surface area (Å²) in [5.41, 5.74) is 7.16. The number of unbranched alkanes of at least 4 members (excludes halogenated alkanes) is 1. The summed E-state index contributed by atoms with van der Waals surface area (Å²) in [7, 11) is 1.93. The van der Waals surface area contributed by atoms with E-state index in [4.69, 9.17) is 9.47 Å². The van der Waals surface area contributed by atoms with E-state index in [1.54, 1.807) is 48.7 Å². The SMILES string of the molecule is CCCCOCCOc1ccc(-c2ccc3c(c2)C=C(C(=O)Nc2ccc([C@H](O)c4cccc[n+]4[O-])cc2)CCN3Cc2ccnn2C)cc1. The summed E-state index contributed by atoms with van der Waals surface area (Å²) in [5.74, 6) is 0.595. The van der Waals surface area contributed by atoms with Gasteiger partial charge in [0.1, 0.15) is 12.4 Å². The Kier molecular flexibility index (Phi) is 11.2. The fourth-order valence-electron chi connectivity index (χ4n) is 5.96. The molecule has 0 radical (unpaired) electrons. The minimum Gasteiger partial charge on any atom is -0.618 e. The minimum absolute atomic E-state index is 0.197. The number of aliphatic hydroxyl groups excluding tert-OH is 1. The first-order valence-electron chi connectivity index (χ1n) is 17.0. The molecule has 6 rings (SSSR count). The van der Waals surface area contributed by atoms with Crippen LogP contribution < -0.4 is 19.7 Å². The molecular formula is C40H43N5O5. The summed E-state index contributed by atoms with van der Waals surface area (Å²) >= 11 is 0. The second-order valence-corrected chi connectivity index (χ2v) is 12.3. The predicted molar refractivity (Wildman–Crippen MR) is 194 cm³/mol. The van der Waals surface area contributed by atoms with E-state index in [1.165, 1.54) is 6.20 Å². The van der Waals surface area contributed by atoms with Crippen LogP contribution in [0, 0.1) is 5.21 Å². The molecule has 0 saturated heterocycles. The average molecular weight is 674 g/mol. The molecule has 2 aromatic heterocycles. The molecule has 0 unspecified atom stereocenters. The lowest BCUT2D eigenvalue weighted by molar-refractivity contribution is -0.617. The maximum Gasteiger partial charge on any atom is 0.251 e. The van der Waals surface area contributed by atoms with Crippen molar-refractivity contribution in [3.05, 3.63) is 137 Å². The highest BCUT2D eigenvalue weighted by atomic mass is 16.5. The Morgan fingerprint density at radius 2 is 1.80 bits per heavy atom. The number of aryl methyl sites for hydroxylation is 1. The van der Waals surface area contributed by atoms with Gasteiger partial charge in [-0.1, -0.05) is 43.7 Å². The third kappa shape index (κ3) is 8.39. The van der Waals surface area contributed by atoms with E-state index < -0.39 is 6.10 Å². The molecule has 0 fully saturated rings. The van der Waals surface area contributed by atoms with Crippen LogP contribution in [0.25, 0.3) is 17.2 Å². The van der Waals surface area contributed by atoms with Crippen LogP contribution in [-0.4, -0.2) is 47.2 Å². The number of fused-ring (bicyclic) bond motifs is 1. The van der Waals surface area contributed by atoms with Crippen LogP contribution in [0.2, 0.25) is 0 Å². The van der Waals surface area contributed by atoms with Gasteiger partial charge in [0.25, 0.3) is 5.91 Å². The van der Waals surface area contributed by atoms with Crippen LogP contribution >= 0.6 is 0 Å². The Balaban J connectivity index is 1.20. The van der Waals surface area contributed by atoms with Crippen molar-refractivity contribution in [2.45, 2.75) is 38.8 Å². The van der Waals surface area contributed by atoms with Crippen molar-refractivity contribution >= 4 is 23.4 Å². The van der Waals surface area contributed by atoms with Crippen LogP contribution in [0.1, 0.15) is 54.8 Å². The van der Waals surface area contributed by atoms with E-state index in [0.717, 1.165) is 53.3 Å². The first kappa shape index (κ1) is 34.4. The summed E-state index contributed by atoms with van der Waals surface area (Å²) in [6.45, 7) is 5.26. The highest BCUT2D eigenvalue weighted by Gasteiger charge is 2.22. The maximum atomic E-state index is 13.7. The zero-order valence-electron chi connectivity index (χ0n) is 28.5. The lowest BCUT2D eigenvalue weighted by Gasteiger charge is -2.25. The molecule has 3 aromatic carbocycles. The molecule has 10 heteroatoms. The van der Waals surface area contributed by atoms with Gasteiger partial charge >= 0.3 is 0 Å². The van der Waals surface area contributed by atoms with E-state index in [0.29, 0.717) is 54.3 Å². The number of aromatic nitrogens is 3. The van der Waals surface area contributed by atoms with Gasteiger partial charge < -0.3 is 30.0 Å². The fourth-order valence-corrected chi connectivity index (χ4v) is 5.96. The largest absolute Gasteiger partial charge is 0.618 e. The van der Waals surface area contributed by atoms with Crippen molar-refractivity contribution in [3.63, 3.8) is 0 Å². The number of aliphatic hydroxyl groups is 1. The van der Waals surface area contributed by atoms with Gasteiger partial charge in [0.2, 0.25) is 5.69 Å². The Labute approximate surface area is 292 Å². The van der Waals surface area contributed by atoms with Crippen LogP contribution in [-0.2, 0) is 23.1 Å². The number of nitrogens with zero attached hydrogens (tertiary/aromatic N) is 4. The molecule has 0 bridgehead atoms. The number of amides is 1. The first-order chi connectivity index (χ1) is 24.4. The highest BCUT2D eigenvalue weighted by Crippen LogP contribution is 2.34. The van der Waals surface area contributed by atoms with E-state index in [-0.39, 0.29) is 11.6 Å². The number of pyridine rings is 1. The third-order valence-corrected chi connectivity index (χ3v) is 8.86. The smallest absolute Gasteiger partial charge is 0.251 e. The Hall–Kier alpha value is -5.45. The Morgan fingerprint density at radius 1 is 1.00 bits per heavy atom. The molecule has 1 aliphatic rings. The minimum atomic E-state index is -1.09. The van der Waals surface area contributed by atoms with E-state index in [2.05, 4.69) is 40.4 Å². The number of nitrogens with one attached hydrogen (secondary N) is 1.